The van der Waals surface area contributed by atoms with Gasteiger partial charge in [0, 0.05) is 23.5 Å². The number of nitrogens with zero attached hydrogens (tertiary/aromatic N) is 3. The Morgan fingerprint density at radius 2 is 2.03 bits per heavy atom. The van der Waals surface area contributed by atoms with E-state index in [1.807, 2.05) is 37.3 Å². The Labute approximate surface area is 174 Å². The number of halogens is 1. The van der Waals surface area contributed by atoms with Crippen molar-refractivity contribution in [2.75, 3.05) is 18.8 Å². The summed E-state index contributed by atoms with van der Waals surface area (Å²) in [5, 5.41) is 13.4. The van der Waals surface area contributed by atoms with Gasteiger partial charge < -0.3 is 10.6 Å². The van der Waals surface area contributed by atoms with Crippen molar-refractivity contribution in [3.8, 4) is 11.4 Å². The predicted octanol–water partition coefficient (Wildman–Crippen LogP) is 3.85. The fraction of sp³-hybridized carbons (Fsp3) is 0.286. The molecule has 152 valence electrons. The van der Waals surface area contributed by atoms with Gasteiger partial charge >= 0.3 is 0 Å². The van der Waals surface area contributed by atoms with Crippen LogP contribution in [0.1, 0.15) is 18.9 Å². The third-order valence-corrected chi connectivity index (χ3v) is 5.17. The van der Waals surface area contributed by atoms with Crippen LogP contribution in [-0.4, -0.2) is 40.0 Å². The lowest BCUT2D eigenvalue weighted by Gasteiger charge is -2.11. The van der Waals surface area contributed by atoms with E-state index in [0.29, 0.717) is 6.54 Å². The SMILES string of the molecule is CCNC(=NCc1cccc(-c2ncn[nH]2)c1)NCCCSc1ccc(F)cc1. The highest BCUT2D eigenvalue weighted by Gasteiger charge is 2.03. The summed E-state index contributed by atoms with van der Waals surface area (Å²) < 4.78 is 12.9. The molecule has 6 nitrogen and oxygen atoms in total. The number of benzene rings is 2. The molecule has 0 amide bonds. The molecule has 0 spiro atoms. The van der Waals surface area contributed by atoms with Gasteiger partial charge in [0.1, 0.15) is 12.1 Å². The first-order valence-electron chi connectivity index (χ1n) is 9.60. The summed E-state index contributed by atoms with van der Waals surface area (Å²) in [7, 11) is 0. The molecule has 3 N–H and O–H groups in total. The zero-order valence-electron chi connectivity index (χ0n) is 16.4. The van der Waals surface area contributed by atoms with Crippen molar-refractivity contribution < 1.29 is 4.39 Å². The van der Waals surface area contributed by atoms with Crippen molar-refractivity contribution in [1.82, 2.24) is 25.8 Å². The molecule has 0 saturated heterocycles. The van der Waals surface area contributed by atoms with E-state index in [0.717, 1.165) is 53.1 Å². The molecular weight excluding hydrogens is 387 g/mol. The van der Waals surface area contributed by atoms with Crippen molar-refractivity contribution in [3.63, 3.8) is 0 Å². The van der Waals surface area contributed by atoms with Crippen LogP contribution in [0.5, 0.6) is 0 Å². The van der Waals surface area contributed by atoms with E-state index >= 15 is 0 Å². The lowest BCUT2D eigenvalue weighted by Crippen LogP contribution is -2.37. The molecule has 29 heavy (non-hydrogen) atoms. The monoisotopic (exact) mass is 412 g/mol. The highest BCUT2D eigenvalue weighted by Crippen LogP contribution is 2.18. The van der Waals surface area contributed by atoms with E-state index in [2.05, 4.69) is 36.9 Å². The highest BCUT2D eigenvalue weighted by atomic mass is 32.2. The van der Waals surface area contributed by atoms with Crippen molar-refractivity contribution in [3.05, 3.63) is 66.2 Å². The Morgan fingerprint density at radius 1 is 1.17 bits per heavy atom. The lowest BCUT2D eigenvalue weighted by atomic mass is 10.1. The Balaban J connectivity index is 1.47. The number of hydrogen-bond acceptors (Lipinski definition) is 4. The number of aromatic nitrogens is 3. The maximum Gasteiger partial charge on any atom is 0.191 e. The van der Waals surface area contributed by atoms with Crippen LogP contribution < -0.4 is 10.6 Å². The lowest BCUT2D eigenvalue weighted by molar-refractivity contribution is 0.626. The van der Waals surface area contributed by atoms with Gasteiger partial charge in [0.15, 0.2) is 11.8 Å². The molecule has 0 unspecified atom stereocenters. The molecule has 8 heteroatoms. The van der Waals surface area contributed by atoms with Gasteiger partial charge in [-0.25, -0.2) is 14.4 Å². The zero-order valence-corrected chi connectivity index (χ0v) is 17.2. The van der Waals surface area contributed by atoms with Crippen LogP contribution in [0.25, 0.3) is 11.4 Å². The second-order valence-corrected chi connectivity index (χ2v) is 7.48. The molecule has 0 aliphatic rings. The van der Waals surface area contributed by atoms with Gasteiger partial charge in [-0.1, -0.05) is 18.2 Å². The smallest absolute Gasteiger partial charge is 0.191 e. The molecule has 0 bridgehead atoms. The Morgan fingerprint density at radius 3 is 2.79 bits per heavy atom. The van der Waals surface area contributed by atoms with Crippen LogP contribution in [0.2, 0.25) is 0 Å². The predicted molar refractivity (Wildman–Crippen MR) is 116 cm³/mol. The minimum atomic E-state index is -0.200. The molecule has 0 aliphatic heterocycles. The number of aromatic amines is 1. The molecule has 3 aromatic rings. The van der Waals surface area contributed by atoms with Gasteiger partial charge in [-0.15, -0.1) is 11.8 Å². The average molecular weight is 413 g/mol. The van der Waals surface area contributed by atoms with Crippen LogP contribution in [0, 0.1) is 5.82 Å². The van der Waals surface area contributed by atoms with Crippen LogP contribution in [0.15, 0.2) is 64.7 Å². The van der Waals surface area contributed by atoms with Gasteiger partial charge in [-0.05, 0) is 55.0 Å². The number of thioether (sulfide) groups is 1. The van der Waals surface area contributed by atoms with E-state index in [4.69, 9.17) is 0 Å². The first kappa shape index (κ1) is 20.9. The minimum Gasteiger partial charge on any atom is -0.357 e. The fourth-order valence-electron chi connectivity index (χ4n) is 2.67. The fourth-order valence-corrected chi connectivity index (χ4v) is 3.53. The molecule has 0 fully saturated rings. The van der Waals surface area contributed by atoms with Crippen molar-refractivity contribution in [2.45, 2.75) is 24.8 Å². The Hall–Kier alpha value is -2.87. The molecule has 0 radical (unpaired) electrons. The molecule has 0 atom stereocenters. The third-order valence-electron chi connectivity index (χ3n) is 4.08. The summed E-state index contributed by atoms with van der Waals surface area (Å²) >= 11 is 1.72. The number of nitrogens with one attached hydrogen (secondary N) is 3. The van der Waals surface area contributed by atoms with E-state index in [1.165, 1.54) is 18.5 Å². The van der Waals surface area contributed by atoms with Gasteiger partial charge in [-0.3, -0.25) is 5.10 Å². The van der Waals surface area contributed by atoms with Crippen LogP contribution in [0.3, 0.4) is 0 Å². The summed E-state index contributed by atoms with van der Waals surface area (Å²) in [4.78, 5) is 9.94. The molecule has 1 aromatic heterocycles. The Bertz CT molecular complexity index is 896. The average Bonchev–Trinajstić information content (AvgIpc) is 3.28. The number of rotatable bonds is 9. The second-order valence-electron chi connectivity index (χ2n) is 6.31. The van der Waals surface area contributed by atoms with Gasteiger partial charge in [0.05, 0.1) is 6.54 Å². The van der Waals surface area contributed by atoms with Crippen LogP contribution in [-0.2, 0) is 6.54 Å². The second kappa shape index (κ2) is 11.2. The van der Waals surface area contributed by atoms with E-state index in [9.17, 15) is 4.39 Å². The van der Waals surface area contributed by atoms with Crippen LogP contribution >= 0.6 is 11.8 Å². The molecule has 1 heterocycles. The summed E-state index contributed by atoms with van der Waals surface area (Å²) in [5.41, 5.74) is 2.09. The minimum absolute atomic E-state index is 0.200. The number of guanidine groups is 1. The topological polar surface area (TPSA) is 78.0 Å². The Kier molecular flexibility index (Phi) is 8.06. The molecule has 2 aromatic carbocycles. The zero-order chi connectivity index (χ0) is 20.3. The normalized spacial score (nSPS) is 11.4. The van der Waals surface area contributed by atoms with Gasteiger partial charge in [0.2, 0.25) is 0 Å². The molecule has 3 rings (SSSR count). The highest BCUT2D eigenvalue weighted by molar-refractivity contribution is 7.99. The molecule has 0 saturated carbocycles. The number of hydrogen-bond donors (Lipinski definition) is 3. The quantitative estimate of drug-likeness (QED) is 0.215. The first-order valence-corrected chi connectivity index (χ1v) is 10.6. The standard InChI is InChI=1S/C21H25FN6S/c1-2-23-21(24-11-4-12-29-19-9-7-18(22)8-10-19)25-14-16-5-3-6-17(13-16)20-26-15-27-28-20/h3,5-10,13,15H,2,4,11-12,14H2,1H3,(H2,23,24,25)(H,26,27,28). The summed E-state index contributed by atoms with van der Waals surface area (Å²) in [6, 6.07) is 14.7. The van der Waals surface area contributed by atoms with Gasteiger partial charge in [-0.2, -0.15) is 5.10 Å². The maximum atomic E-state index is 12.9. The van der Waals surface area contributed by atoms with E-state index < -0.39 is 0 Å². The summed E-state index contributed by atoms with van der Waals surface area (Å²) in [6.45, 7) is 4.24. The molecule has 0 aliphatic carbocycles. The summed E-state index contributed by atoms with van der Waals surface area (Å²) in [6.07, 6.45) is 2.48. The third kappa shape index (κ3) is 6.90. The van der Waals surface area contributed by atoms with Crippen molar-refractivity contribution in [2.24, 2.45) is 4.99 Å². The molecular formula is C21H25FN6S. The maximum absolute atomic E-state index is 12.9. The number of H-pyrrole nitrogens is 1. The largest absolute Gasteiger partial charge is 0.357 e. The van der Waals surface area contributed by atoms with Crippen molar-refractivity contribution in [1.29, 1.82) is 0 Å². The number of aliphatic imine (C=N–C) groups is 1. The van der Waals surface area contributed by atoms with E-state index in [-0.39, 0.29) is 5.82 Å². The van der Waals surface area contributed by atoms with Crippen molar-refractivity contribution >= 4 is 17.7 Å². The van der Waals surface area contributed by atoms with E-state index in [1.54, 1.807) is 11.8 Å². The first-order chi connectivity index (χ1) is 14.2. The van der Waals surface area contributed by atoms with Crippen LogP contribution in [0.4, 0.5) is 4.39 Å². The van der Waals surface area contributed by atoms with Gasteiger partial charge in [0.25, 0.3) is 0 Å². The summed E-state index contributed by atoms with van der Waals surface area (Å²) in [5.74, 6) is 2.30.